The van der Waals surface area contributed by atoms with Gasteiger partial charge in [0.1, 0.15) is 0 Å². The molecule has 3 heteroatoms. The molecule has 4 atom stereocenters. The Morgan fingerprint density at radius 3 is 2.82 bits per heavy atom. The normalized spacial score (nSPS) is 31.1. The molecule has 2 N–H and O–H groups in total. The molecule has 1 aromatic rings. The fourth-order valence-electron chi connectivity index (χ4n) is 2.51. The lowest BCUT2D eigenvalue weighted by atomic mass is 9.87. The van der Waals surface area contributed by atoms with E-state index in [-0.39, 0.29) is 11.3 Å². The Morgan fingerprint density at radius 2 is 2.12 bits per heavy atom. The van der Waals surface area contributed by atoms with Crippen LogP contribution in [0.25, 0.3) is 0 Å². The third-order valence-electron chi connectivity index (χ3n) is 3.60. The van der Waals surface area contributed by atoms with Gasteiger partial charge in [0.25, 0.3) is 0 Å². The Labute approximate surface area is 106 Å². The molecule has 1 aromatic carbocycles. The van der Waals surface area contributed by atoms with Crippen molar-refractivity contribution in [1.82, 2.24) is 0 Å². The summed E-state index contributed by atoms with van der Waals surface area (Å²) in [5.41, 5.74) is 7.28. The molecular weight excluding hydrogens is 230 g/mol. The lowest BCUT2D eigenvalue weighted by molar-refractivity contribution is 0.353. The average Bonchev–Trinajstić information content (AvgIpc) is 2.31. The van der Waals surface area contributed by atoms with Gasteiger partial charge in [0.2, 0.25) is 0 Å². The maximum absolute atomic E-state index is 12.5. The number of benzene rings is 1. The first kappa shape index (κ1) is 12.8. The number of hydrogen-bond acceptors (Lipinski definition) is 2. The molecule has 1 aliphatic carbocycles. The van der Waals surface area contributed by atoms with Crippen molar-refractivity contribution < 1.29 is 4.21 Å². The number of rotatable bonds is 2. The Kier molecular flexibility index (Phi) is 4.00. The Balaban J connectivity index is 2.18. The summed E-state index contributed by atoms with van der Waals surface area (Å²) in [4.78, 5) is 0.930. The molecule has 94 valence electrons. The summed E-state index contributed by atoms with van der Waals surface area (Å²) >= 11 is 0. The standard InChI is InChI=1S/C14H21NOS/c1-10-4-3-5-12(8-10)17(16)14-9-11(2)6-7-13(14)15/h3-5,8,11,13-14H,6-7,9,15H2,1-2H3. The fraction of sp³-hybridized carbons (Fsp3) is 0.571. The average molecular weight is 251 g/mol. The first-order chi connectivity index (χ1) is 8.08. The second-order valence-corrected chi connectivity index (χ2v) is 6.91. The van der Waals surface area contributed by atoms with Gasteiger partial charge in [0.05, 0.1) is 16.0 Å². The predicted octanol–water partition coefficient (Wildman–Crippen LogP) is 2.62. The summed E-state index contributed by atoms with van der Waals surface area (Å²) in [7, 11) is -0.956. The fourth-order valence-corrected chi connectivity index (χ4v) is 4.33. The highest BCUT2D eigenvalue weighted by atomic mass is 32.2. The van der Waals surface area contributed by atoms with Gasteiger partial charge in [0, 0.05) is 10.9 Å². The van der Waals surface area contributed by atoms with E-state index in [4.69, 9.17) is 5.73 Å². The molecule has 2 nitrogen and oxygen atoms in total. The zero-order valence-electron chi connectivity index (χ0n) is 10.6. The maximum atomic E-state index is 12.5. The number of nitrogens with two attached hydrogens (primary N) is 1. The van der Waals surface area contributed by atoms with Gasteiger partial charge < -0.3 is 5.73 Å². The second-order valence-electron chi connectivity index (χ2n) is 5.23. The molecule has 2 rings (SSSR count). The summed E-state index contributed by atoms with van der Waals surface area (Å²) in [6.07, 6.45) is 3.16. The van der Waals surface area contributed by atoms with Gasteiger partial charge in [-0.25, -0.2) is 0 Å². The zero-order chi connectivity index (χ0) is 12.4. The molecule has 0 amide bonds. The topological polar surface area (TPSA) is 43.1 Å². The molecule has 0 spiro atoms. The highest BCUT2D eigenvalue weighted by Crippen LogP contribution is 2.29. The van der Waals surface area contributed by atoms with Crippen LogP contribution in [-0.2, 0) is 10.8 Å². The van der Waals surface area contributed by atoms with E-state index >= 15 is 0 Å². The van der Waals surface area contributed by atoms with E-state index in [9.17, 15) is 4.21 Å². The molecule has 0 aliphatic heterocycles. The lowest BCUT2D eigenvalue weighted by Gasteiger charge is -2.31. The smallest absolute Gasteiger partial charge is 0.0576 e. The molecule has 0 bridgehead atoms. The van der Waals surface area contributed by atoms with Crippen molar-refractivity contribution in [3.05, 3.63) is 29.8 Å². The molecule has 0 aromatic heterocycles. The third kappa shape index (κ3) is 2.96. The van der Waals surface area contributed by atoms with Crippen LogP contribution in [0.5, 0.6) is 0 Å². The van der Waals surface area contributed by atoms with Crippen molar-refractivity contribution >= 4 is 10.8 Å². The monoisotopic (exact) mass is 251 g/mol. The number of hydrogen-bond donors (Lipinski definition) is 1. The van der Waals surface area contributed by atoms with E-state index in [1.807, 2.05) is 31.2 Å². The van der Waals surface area contributed by atoms with Crippen molar-refractivity contribution in [3.63, 3.8) is 0 Å². The van der Waals surface area contributed by atoms with Crippen molar-refractivity contribution in [2.24, 2.45) is 11.7 Å². The van der Waals surface area contributed by atoms with Gasteiger partial charge in [-0.3, -0.25) is 4.21 Å². The first-order valence-corrected chi connectivity index (χ1v) is 7.52. The Hall–Kier alpha value is -0.670. The molecule has 17 heavy (non-hydrogen) atoms. The van der Waals surface area contributed by atoms with Gasteiger partial charge in [-0.05, 0) is 49.8 Å². The van der Waals surface area contributed by atoms with Gasteiger partial charge >= 0.3 is 0 Å². The van der Waals surface area contributed by atoms with Crippen molar-refractivity contribution in [1.29, 1.82) is 0 Å². The van der Waals surface area contributed by atoms with Gasteiger partial charge in [0.15, 0.2) is 0 Å². The summed E-state index contributed by atoms with van der Waals surface area (Å²) in [6, 6.07) is 8.06. The van der Waals surface area contributed by atoms with Crippen molar-refractivity contribution in [2.75, 3.05) is 0 Å². The van der Waals surface area contributed by atoms with E-state index in [2.05, 4.69) is 6.92 Å². The van der Waals surface area contributed by atoms with Crippen LogP contribution in [0.15, 0.2) is 29.2 Å². The Bertz CT molecular complexity index is 418. The predicted molar refractivity (Wildman–Crippen MR) is 72.4 cm³/mol. The van der Waals surface area contributed by atoms with Crippen LogP contribution in [-0.4, -0.2) is 15.5 Å². The summed E-state index contributed by atoms with van der Waals surface area (Å²) < 4.78 is 12.5. The van der Waals surface area contributed by atoms with E-state index < -0.39 is 10.8 Å². The summed E-state index contributed by atoms with van der Waals surface area (Å²) in [5.74, 6) is 0.647. The van der Waals surface area contributed by atoms with Crippen molar-refractivity contribution in [2.45, 2.75) is 49.3 Å². The third-order valence-corrected chi connectivity index (χ3v) is 5.41. The molecule has 0 heterocycles. The molecule has 1 saturated carbocycles. The second kappa shape index (κ2) is 5.32. The minimum atomic E-state index is -0.956. The highest BCUT2D eigenvalue weighted by Gasteiger charge is 2.31. The lowest BCUT2D eigenvalue weighted by Crippen LogP contribution is -2.42. The SMILES string of the molecule is Cc1cccc(S(=O)C2CC(C)CCC2N)c1. The molecule has 0 saturated heterocycles. The van der Waals surface area contributed by atoms with Crippen LogP contribution in [0.4, 0.5) is 0 Å². The first-order valence-electron chi connectivity index (χ1n) is 6.30. The minimum absolute atomic E-state index is 0.0903. The van der Waals surface area contributed by atoms with Gasteiger partial charge in [-0.2, -0.15) is 0 Å². The van der Waals surface area contributed by atoms with E-state index in [1.54, 1.807) is 0 Å². The van der Waals surface area contributed by atoms with Crippen LogP contribution in [0.2, 0.25) is 0 Å². The molecular formula is C14H21NOS. The van der Waals surface area contributed by atoms with Gasteiger partial charge in [-0.1, -0.05) is 19.1 Å². The van der Waals surface area contributed by atoms with Crippen LogP contribution in [0, 0.1) is 12.8 Å². The largest absolute Gasteiger partial charge is 0.327 e. The molecule has 1 aliphatic rings. The van der Waals surface area contributed by atoms with Crippen LogP contribution < -0.4 is 5.73 Å². The van der Waals surface area contributed by atoms with E-state index in [1.165, 1.54) is 6.42 Å². The van der Waals surface area contributed by atoms with Crippen LogP contribution >= 0.6 is 0 Å². The molecule has 0 radical (unpaired) electrons. The van der Waals surface area contributed by atoms with Gasteiger partial charge in [-0.15, -0.1) is 0 Å². The van der Waals surface area contributed by atoms with E-state index in [0.717, 1.165) is 23.3 Å². The summed E-state index contributed by atoms with van der Waals surface area (Å²) in [6.45, 7) is 4.26. The Morgan fingerprint density at radius 1 is 1.35 bits per heavy atom. The summed E-state index contributed by atoms with van der Waals surface area (Å²) in [5, 5.41) is 0.126. The number of aryl methyl sites for hydroxylation is 1. The van der Waals surface area contributed by atoms with Crippen LogP contribution in [0.1, 0.15) is 31.7 Å². The quantitative estimate of drug-likeness (QED) is 0.878. The van der Waals surface area contributed by atoms with Crippen LogP contribution in [0.3, 0.4) is 0 Å². The zero-order valence-corrected chi connectivity index (χ0v) is 11.4. The van der Waals surface area contributed by atoms with E-state index in [0.29, 0.717) is 5.92 Å². The van der Waals surface area contributed by atoms with Crippen molar-refractivity contribution in [3.8, 4) is 0 Å². The maximum Gasteiger partial charge on any atom is 0.0576 e. The highest BCUT2D eigenvalue weighted by molar-refractivity contribution is 7.85. The molecule has 4 unspecified atom stereocenters. The minimum Gasteiger partial charge on any atom is -0.327 e. The molecule has 1 fully saturated rings.